The Hall–Kier alpha value is 0.417. The normalized spacial score (nSPS) is 11.6. The van der Waals surface area contributed by atoms with Gasteiger partial charge in [0.05, 0.1) is 0 Å². The van der Waals surface area contributed by atoms with Crippen molar-refractivity contribution in [2.45, 2.75) is 0 Å². The van der Waals surface area contributed by atoms with Gasteiger partial charge in [-0.3, -0.25) is 0 Å². The van der Waals surface area contributed by atoms with Crippen LogP contribution in [0.2, 0.25) is 0 Å². The molecule has 0 aromatic carbocycles. The third-order valence-electron chi connectivity index (χ3n) is 0. The molecule has 0 unspecified atom stereocenters. The summed E-state index contributed by atoms with van der Waals surface area (Å²) in [7, 11) is 0. The molecule has 0 saturated heterocycles. The van der Waals surface area contributed by atoms with Gasteiger partial charge in [-0.2, -0.15) is 0 Å². The minimum absolute atomic E-state index is 5.52. The summed E-state index contributed by atoms with van der Waals surface area (Å²) in [4.78, 5) is 0. The fraction of sp³-hybridized carbons (Fsp3) is 0. The van der Waals surface area contributed by atoms with Crippen LogP contribution in [0.5, 0.6) is 0 Å². The maximum absolute atomic E-state index is 8.87. The second kappa shape index (κ2) is 4.33. The van der Waals surface area contributed by atoms with Crippen molar-refractivity contribution in [2.75, 3.05) is 0 Å². The van der Waals surface area contributed by atoms with Crippen molar-refractivity contribution in [1.82, 2.24) is 0 Å². The maximum atomic E-state index is 8.87. The van der Waals surface area contributed by atoms with Crippen LogP contribution in [0.3, 0.4) is 0 Å². The van der Waals surface area contributed by atoms with Gasteiger partial charge in [-0.15, -0.1) is 0 Å². The van der Waals surface area contributed by atoms with Crippen molar-refractivity contribution >= 4 is 0 Å². The summed E-state index contributed by atoms with van der Waals surface area (Å²) in [6.45, 7) is 0. The van der Waals surface area contributed by atoms with Crippen molar-refractivity contribution < 1.29 is 62.1 Å². The molecule has 0 aromatic heterocycles. The Balaban J connectivity index is 0. The summed E-state index contributed by atoms with van der Waals surface area (Å²) >= 11 is -11.2. The van der Waals surface area contributed by atoms with E-state index in [9.17, 15) is 0 Å². The van der Waals surface area contributed by atoms with Crippen molar-refractivity contribution in [3.05, 3.63) is 0 Å². The fourth-order valence-corrected chi connectivity index (χ4v) is 0. The van der Waals surface area contributed by atoms with E-state index in [4.69, 9.17) is 28.6 Å². The van der Waals surface area contributed by atoms with Gasteiger partial charge in [-0.05, 0) is 0 Å². The van der Waals surface area contributed by atoms with E-state index in [0.29, 0.717) is 0 Å². The van der Waals surface area contributed by atoms with Gasteiger partial charge in [-0.25, -0.2) is 0 Å². The van der Waals surface area contributed by atoms with Crippen LogP contribution in [0, 0.1) is 0 Å². The van der Waals surface area contributed by atoms with E-state index in [1.165, 1.54) is 0 Å². The van der Waals surface area contributed by atoms with Crippen LogP contribution in [-0.4, -0.2) is 15.0 Å². The first-order valence-corrected chi connectivity index (χ1v) is 9.85. The average molecular weight is 412 g/mol. The molecule has 0 bridgehead atoms. The van der Waals surface area contributed by atoms with Gasteiger partial charge in [0.15, 0.2) is 0 Å². The quantitative estimate of drug-likeness (QED) is 0.314. The SMILES string of the molecule is [O]=[Mo](=[O])([OH])[OH].[O]=[W](=[O])([OH])[OH]. The average Bonchev–Trinajstić information content (AvgIpc) is 1.12. The molecule has 0 radical (unpaired) electrons. The predicted octanol–water partition coefficient (Wildman–Crippen LogP) is -2.71. The monoisotopic (exact) mass is 414 g/mol. The molecule has 64 valence electrons. The van der Waals surface area contributed by atoms with E-state index in [0.717, 1.165) is 0 Å². The molecular weight excluding hydrogens is 408 g/mol. The summed E-state index contributed by atoms with van der Waals surface area (Å²) in [5, 5.41) is 0. The number of hydrogen-bond acceptors (Lipinski definition) is 4. The molecular formula is H4MoO8W. The number of rotatable bonds is 0. The van der Waals surface area contributed by atoms with E-state index in [2.05, 4.69) is 0 Å². The van der Waals surface area contributed by atoms with Crippen LogP contribution in [0.25, 0.3) is 0 Å². The molecule has 0 rings (SSSR count). The summed E-state index contributed by atoms with van der Waals surface area (Å²) in [6.07, 6.45) is 0. The Morgan fingerprint density at radius 2 is 1.00 bits per heavy atom. The molecule has 0 fully saturated rings. The first kappa shape index (κ1) is 13.0. The molecule has 0 atom stereocenters. The zero-order chi connectivity index (χ0) is 9.00. The Labute approximate surface area is 62.2 Å². The molecule has 10 heteroatoms. The molecule has 0 aromatic rings. The molecule has 0 spiro atoms. The molecule has 0 aliphatic rings. The molecule has 8 nitrogen and oxygen atoms in total. The van der Waals surface area contributed by atoms with Gasteiger partial charge in [0.2, 0.25) is 0 Å². The standard InChI is InChI=1S/Mo.4H2O.4O.W/h;4*1H2;;;;;/q+2;;;;;;;;;+2/p-4. The first-order valence-electron chi connectivity index (χ1n) is 1.40. The zero-order valence-corrected chi connectivity index (χ0v) is 9.18. The summed E-state index contributed by atoms with van der Waals surface area (Å²) in [5.41, 5.74) is 0. The van der Waals surface area contributed by atoms with Crippen LogP contribution in [0.15, 0.2) is 0 Å². The van der Waals surface area contributed by atoms with E-state index in [-0.39, 0.29) is 0 Å². The van der Waals surface area contributed by atoms with Crippen LogP contribution in [0.4, 0.5) is 0 Å². The van der Waals surface area contributed by atoms with Crippen molar-refractivity contribution in [3.63, 3.8) is 0 Å². The molecule has 0 amide bonds. The van der Waals surface area contributed by atoms with Gasteiger partial charge in [0.25, 0.3) is 0 Å². The van der Waals surface area contributed by atoms with Gasteiger partial charge in [0, 0.05) is 0 Å². The Morgan fingerprint density at radius 3 is 1.00 bits per heavy atom. The zero-order valence-electron chi connectivity index (χ0n) is 4.24. The molecule has 10 heavy (non-hydrogen) atoms. The van der Waals surface area contributed by atoms with Crippen LogP contribution in [0.1, 0.15) is 0 Å². The van der Waals surface area contributed by atoms with E-state index in [1.807, 2.05) is 0 Å². The van der Waals surface area contributed by atoms with Crippen LogP contribution in [-0.2, 0) is 47.1 Å². The van der Waals surface area contributed by atoms with E-state index < -0.39 is 33.5 Å². The molecule has 0 heterocycles. The Kier molecular flexibility index (Phi) is 5.64. The topological polar surface area (TPSA) is 149 Å². The van der Waals surface area contributed by atoms with Crippen molar-refractivity contribution in [2.24, 2.45) is 0 Å². The van der Waals surface area contributed by atoms with Gasteiger partial charge < -0.3 is 0 Å². The fourth-order valence-electron chi connectivity index (χ4n) is 0. The molecule has 0 aliphatic carbocycles. The third kappa shape index (κ3) is 2670. The summed E-state index contributed by atoms with van der Waals surface area (Å²) in [5.74, 6) is 0. The first-order chi connectivity index (χ1) is 4.00. The van der Waals surface area contributed by atoms with Gasteiger partial charge >= 0.3 is 62.1 Å². The predicted molar refractivity (Wildman–Crippen MR) is 11.6 cm³/mol. The van der Waals surface area contributed by atoms with Gasteiger partial charge in [0.1, 0.15) is 0 Å². The molecule has 0 saturated carbocycles. The third-order valence-corrected chi connectivity index (χ3v) is 0. The minimum atomic E-state index is -5.67. The summed E-state index contributed by atoms with van der Waals surface area (Å²) < 4.78 is 64.1. The summed E-state index contributed by atoms with van der Waals surface area (Å²) in [6, 6.07) is 0. The Bertz CT molecular complexity index is 206. The number of hydrogen-bond donors (Lipinski definition) is 4. The van der Waals surface area contributed by atoms with Crippen LogP contribution < -0.4 is 0 Å². The van der Waals surface area contributed by atoms with E-state index >= 15 is 0 Å². The van der Waals surface area contributed by atoms with E-state index in [1.54, 1.807) is 0 Å². The second-order valence-corrected chi connectivity index (χ2v) is 6.32. The Morgan fingerprint density at radius 1 is 1.00 bits per heavy atom. The molecule has 4 N–H and O–H groups in total. The second-order valence-electron chi connectivity index (χ2n) is 0.896. The molecule has 0 aliphatic heterocycles. The van der Waals surface area contributed by atoms with Crippen molar-refractivity contribution in [1.29, 1.82) is 0 Å². The van der Waals surface area contributed by atoms with Crippen molar-refractivity contribution in [3.8, 4) is 0 Å². The van der Waals surface area contributed by atoms with Crippen LogP contribution >= 0.6 is 0 Å². The van der Waals surface area contributed by atoms with Gasteiger partial charge in [-0.1, -0.05) is 0 Å².